The maximum atomic E-state index is 10.2. The van der Waals surface area contributed by atoms with Gasteiger partial charge in [-0.05, 0) is 30.2 Å². The van der Waals surface area contributed by atoms with Gasteiger partial charge in [0.05, 0.1) is 6.61 Å². The first kappa shape index (κ1) is 14.5. The highest BCUT2D eigenvalue weighted by atomic mass is 16.5. The summed E-state index contributed by atoms with van der Waals surface area (Å²) in [6, 6.07) is 7.78. The molecule has 18 heavy (non-hydrogen) atoms. The molecule has 0 saturated carbocycles. The van der Waals surface area contributed by atoms with E-state index >= 15 is 0 Å². The number of hydrogen-bond acceptors (Lipinski definition) is 2. The van der Waals surface area contributed by atoms with Crippen LogP contribution in [-0.2, 0) is 4.79 Å². The van der Waals surface area contributed by atoms with E-state index < -0.39 is 0 Å². The molecule has 0 unspecified atom stereocenters. The number of ether oxygens (including phenoxy) is 1. The molecule has 2 nitrogen and oxygen atoms in total. The molecule has 0 aromatic heterocycles. The molecule has 0 fully saturated rings. The second-order valence-corrected chi connectivity index (χ2v) is 4.33. The van der Waals surface area contributed by atoms with Crippen LogP contribution in [0.2, 0.25) is 0 Å². The van der Waals surface area contributed by atoms with Gasteiger partial charge < -0.3 is 4.74 Å². The van der Waals surface area contributed by atoms with Crippen LogP contribution in [0.15, 0.2) is 30.3 Å². The van der Waals surface area contributed by atoms with Crippen LogP contribution < -0.4 is 4.74 Å². The molecule has 1 aromatic rings. The zero-order valence-electron chi connectivity index (χ0n) is 11.1. The quantitative estimate of drug-likeness (QED) is 0.370. The lowest BCUT2D eigenvalue weighted by Crippen LogP contribution is -1.97. The van der Waals surface area contributed by atoms with Crippen molar-refractivity contribution in [1.82, 2.24) is 0 Å². The van der Waals surface area contributed by atoms with Gasteiger partial charge in [-0.2, -0.15) is 0 Å². The molecule has 0 radical (unpaired) electrons. The molecule has 0 heterocycles. The number of carbonyl (C=O) groups excluding carboxylic acids is 1. The van der Waals surface area contributed by atoms with Crippen LogP contribution in [0.1, 0.15) is 44.6 Å². The second kappa shape index (κ2) is 9.46. The lowest BCUT2D eigenvalue weighted by Gasteiger charge is -2.06. The summed E-state index contributed by atoms with van der Waals surface area (Å²) < 4.78 is 5.65. The van der Waals surface area contributed by atoms with Gasteiger partial charge in [0.25, 0.3) is 0 Å². The molecule has 0 bridgehead atoms. The van der Waals surface area contributed by atoms with E-state index in [-0.39, 0.29) is 0 Å². The molecule has 0 amide bonds. The van der Waals surface area contributed by atoms with E-state index in [1.807, 2.05) is 24.3 Å². The average Bonchev–Trinajstić information content (AvgIpc) is 2.42. The summed E-state index contributed by atoms with van der Waals surface area (Å²) >= 11 is 0. The standard InChI is InChI=1S/C16H22O2/c1-2-3-4-5-6-14-18-16-11-9-15(10-12-16)8-7-13-17/h7-13H,2-6,14H2,1H3/b8-7+. The fraction of sp³-hybridized carbons (Fsp3) is 0.438. The Morgan fingerprint density at radius 1 is 1.06 bits per heavy atom. The van der Waals surface area contributed by atoms with Crippen molar-refractivity contribution in [3.8, 4) is 5.75 Å². The molecule has 0 aliphatic carbocycles. The topological polar surface area (TPSA) is 26.3 Å². The van der Waals surface area contributed by atoms with Crippen LogP contribution in [0.3, 0.4) is 0 Å². The average molecular weight is 246 g/mol. The summed E-state index contributed by atoms with van der Waals surface area (Å²) in [6.07, 6.45) is 10.3. The van der Waals surface area contributed by atoms with Gasteiger partial charge in [-0.25, -0.2) is 0 Å². The smallest absolute Gasteiger partial charge is 0.142 e. The van der Waals surface area contributed by atoms with Crippen LogP contribution in [0.5, 0.6) is 5.75 Å². The third kappa shape index (κ3) is 6.24. The fourth-order valence-corrected chi connectivity index (χ4v) is 1.72. The summed E-state index contributed by atoms with van der Waals surface area (Å²) in [5.74, 6) is 0.897. The molecule has 0 aliphatic rings. The van der Waals surface area contributed by atoms with E-state index in [1.54, 1.807) is 6.08 Å². The maximum Gasteiger partial charge on any atom is 0.142 e. The third-order valence-corrected chi connectivity index (χ3v) is 2.76. The van der Waals surface area contributed by atoms with Crippen molar-refractivity contribution in [2.75, 3.05) is 6.61 Å². The van der Waals surface area contributed by atoms with E-state index in [9.17, 15) is 4.79 Å². The van der Waals surface area contributed by atoms with Crippen LogP contribution in [-0.4, -0.2) is 12.9 Å². The molecular weight excluding hydrogens is 224 g/mol. The predicted octanol–water partition coefficient (Wildman–Crippen LogP) is 4.25. The van der Waals surface area contributed by atoms with Crippen molar-refractivity contribution < 1.29 is 9.53 Å². The van der Waals surface area contributed by atoms with Gasteiger partial charge in [-0.15, -0.1) is 0 Å². The molecule has 1 aromatic carbocycles. The summed E-state index contributed by atoms with van der Waals surface area (Å²) in [6.45, 7) is 3.00. The number of carbonyl (C=O) groups is 1. The largest absolute Gasteiger partial charge is 0.494 e. The molecule has 0 N–H and O–H groups in total. The van der Waals surface area contributed by atoms with E-state index in [4.69, 9.17) is 4.74 Å². The van der Waals surface area contributed by atoms with Crippen molar-refractivity contribution >= 4 is 12.4 Å². The van der Waals surface area contributed by atoms with Crippen LogP contribution in [0, 0.1) is 0 Å². The van der Waals surface area contributed by atoms with Gasteiger partial charge >= 0.3 is 0 Å². The van der Waals surface area contributed by atoms with Gasteiger partial charge in [-0.3, -0.25) is 4.79 Å². The predicted molar refractivity (Wildman–Crippen MR) is 75.8 cm³/mol. The highest BCUT2D eigenvalue weighted by molar-refractivity contribution is 5.73. The van der Waals surface area contributed by atoms with Crippen LogP contribution >= 0.6 is 0 Å². The summed E-state index contributed by atoms with van der Waals surface area (Å²) in [5.41, 5.74) is 1.01. The van der Waals surface area contributed by atoms with Crippen molar-refractivity contribution in [1.29, 1.82) is 0 Å². The van der Waals surface area contributed by atoms with Gasteiger partial charge in [0, 0.05) is 0 Å². The van der Waals surface area contributed by atoms with Gasteiger partial charge in [-0.1, -0.05) is 50.8 Å². The zero-order chi connectivity index (χ0) is 13.1. The number of allylic oxidation sites excluding steroid dienone is 1. The van der Waals surface area contributed by atoms with E-state index in [0.29, 0.717) is 0 Å². The minimum atomic E-state index is 0.778. The summed E-state index contributed by atoms with van der Waals surface area (Å²) in [5, 5.41) is 0. The molecule has 0 saturated heterocycles. The first-order valence-corrected chi connectivity index (χ1v) is 6.71. The number of rotatable bonds is 9. The van der Waals surface area contributed by atoms with Gasteiger partial charge in [0.15, 0.2) is 0 Å². The fourth-order valence-electron chi connectivity index (χ4n) is 1.72. The monoisotopic (exact) mass is 246 g/mol. The lowest BCUT2D eigenvalue weighted by molar-refractivity contribution is -0.104. The van der Waals surface area contributed by atoms with Crippen LogP contribution in [0.25, 0.3) is 6.08 Å². The summed E-state index contributed by atoms with van der Waals surface area (Å²) in [4.78, 5) is 10.2. The zero-order valence-corrected chi connectivity index (χ0v) is 11.1. The SMILES string of the molecule is CCCCCCCOc1ccc(/C=C/C=O)cc1. The maximum absolute atomic E-state index is 10.2. The number of hydrogen-bond donors (Lipinski definition) is 0. The van der Waals surface area contributed by atoms with Crippen LogP contribution in [0.4, 0.5) is 0 Å². The van der Waals surface area contributed by atoms with E-state index in [2.05, 4.69) is 6.92 Å². The molecule has 1 rings (SSSR count). The van der Waals surface area contributed by atoms with E-state index in [1.165, 1.54) is 31.8 Å². The Hall–Kier alpha value is -1.57. The molecular formula is C16H22O2. The summed E-state index contributed by atoms with van der Waals surface area (Å²) in [7, 11) is 0. The van der Waals surface area contributed by atoms with Gasteiger partial charge in [0.1, 0.15) is 12.0 Å². The lowest BCUT2D eigenvalue weighted by atomic mass is 10.2. The first-order chi connectivity index (χ1) is 8.86. The normalized spacial score (nSPS) is 10.7. The Bertz CT molecular complexity index is 352. The van der Waals surface area contributed by atoms with Crippen molar-refractivity contribution in [3.63, 3.8) is 0 Å². The Morgan fingerprint density at radius 2 is 1.78 bits per heavy atom. The van der Waals surface area contributed by atoms with E-state index in [0.717, 1.165) is 30.6 Å². The molecule has 0 aliphatic heterocycles. The second-order valence-electron chi connectivity index (χ2n) is 4.33. The Kier molecular flexibility index (Phi) is 7.61. The number of unbranched alkanes of at least 4 members (excludes halogenated alkanes) is 4. The highest BCUT2D eigenvalue weighted by Gasteiger charge is 1.94. The first-order valence-electron chi connectivity index (χ1n) is 6.71. The molecule has 0 atom stereocenters. The Balaban J connectivity index is 2.22. The molecule has 98 valence electrons. The van der Waals surface area contributed by atoms with Gasteiger partial charge in [0.2, 0.25) is 0 Å². The highest BCUT2D eigenvalue weighted by Crippen LogP contribution is 2.14. The third-order valence-electron chi connectivity index (χ3n) is 2.76. The number of aldehydes is 1. The van der Waals surface area contributed by atoms with Crippen molar-refractivity contribution in [2.24, 2.45) is 0 Å². The number of benzene rings is 1. The Morgan fingerprint density at radius 3 is 2.44 bits per heavy atom. The van der Waals surface area contributed by atoms with Crippen molar-refractivity contribution in [2.45, 2.75) is 39.0 Å². The Labute approximate surface area is 110 Å². The molecule has 2 heteroatoms. The minimum Gasteiger partial charge on any atom is -0.494 e. The van der Waals surface area contributed by atoms with Crippen molar-refractivity contribution in [3.05, 3.63) is 35.9 Å². The minimum absolute atomic E-state index is 0.778. The molecule has 0 spiro atoms.